The Labute approximate surface area is 98.3 Å². The normalized spacial score (nSPS) is 12.0. The summed E-state index contributed by atoms with van der Waals surface area (Å²) in [6.45, 7) is 7.60. The van der Waals surface area contributed by atoms with E-state index >= 15 is 0 Å². The van der Waals surface area contributed by atoms with Gasteiger partial charge in [0.05, 0.1) is 11.3 Å². The van der Waals surface area contributed by atoms with Crippen molar-refractivity contribution in [1.29, 1.82) is 0 Å². The van der Waals surface area contributed by atoms with Gasteiger partial charge in [-0.15, -0.1) is 5.10 Å². The first kappa shape index (κ1) is 11.5. The number of carboxylic acids is 1. The average molecular weight is 234 g/mol. The van der Waals surface area contributed by atoms with Crippen LogP contribution in [-0.4, -0.2) is 30.9 Å². The first-order chi connectivity index (χ1) is 7.82. The highest BCUT2D eigenvalue weighted by Gasteiger charge is 2.26. The molecule has 2 aromatic heterocycles. The molecule has 0 atom stereocenters. The Kier molecular flexibility index (Phi) is 2.38. The molecular weight excluding hydrogens is 220 g/mol. The molecule has 0 saturated heterocycles. The van der Waals surface area contributed by atoms with Crippen molar-refractivity contribution in [3.05, 3.63) is 23.1 Å². The monoisotopic (exact) mass is 234 g/mol. The fourth-order valence-corrected chi connectivity index (χ4v) is 1.83. The van der Waals surface area contributed by atoms with Gasteiger partial charge in [-0.1, -0.05) is 26.0 Å². The summed E-state index contributed by atoms with van der Waals surface area (Å²) in [5, 5.41) is 17.1. The molecule has 0 amide bonds. The Hall–Kier alpha value is -1.98. The summed E-state index contributed by atoms with van der Waals surface area (Å²) in [4.78, 5) is 15.3. The molecule has 2 heterocycles. The van der Waals surface area contributed by atoms with Crippen LogP contribution in [0, 0.1) is 6.92 Å². The van der Waals surface area contributed by atoms with Gasteiger partial charge in [0.2, 0.25) is 0 Å². The van der Waals surface area contributed by atoms with Gasteiger partial charge < -0.3 is 5.11 Å². The summed E-state index contributed by atoms with van der Waals surface area (Å²) in [6, 6.07) is 0. The summed E-state index contributed by atoms with van der Waals surface area (Å²) in [5.41, 5.74) is 1.70. The van der Waals surface area contributed by atoms with Crippen LogP contribution in [0.4, 0.5) is 0 Å². The van der Waals surface area contributed by atoms with Crippen molar-refractivity contribution in [2.45, 2.75) is 33.1 Å². The van der Waals surface area contributed by atoms with Crippen LogP contribution in [0.1, 0.15) is 42.5 Å². The van der Waals surface area contributed by atoms with Crippen LogP contribution in [-0.2, 0) is 5.41 Å². The zero-order chi connectivity index (χ0) is 12.8. The molecule has 2 aromatic rings. The van der Waals surface area contributed by atoms with E-state index in [0.29, 0.717) is 17.0 Å². The van der Waals surface area contributed by atoms with Crippen LogP contribution < -0.4 is 0 Å². The molecule has 0 aromatic carbocycles. The fourth-order valence-electron chi connectivity index (χ4n) is 1.83. The van der Waals surface area contributed by atoms with Crippen LogP contribution in [0.5, 0.6) is 0 Å². The highest BCUT2D eigenvalue weighted by molar-refractivity contribution is 5.89. The van der Waals surface area contributed by atoms with Crippen molar-refractivity contribution in [2.75, 3.05) is 0 Å². The van der Waals surface area contributed by atoms with Gasteiger partial charge in [0.1, 0.15) is 5.69 Å². The van der Waals surface area contributed by atoms with Gasteiger partial charge in [0.15, 0.2) is 5.65 Å². The molecule has 0 spiro atoms. The van der Waals surface area contributed by atoms with Gasteiger partial charge in [-0.25, -0.2) is 9.78 Å². The molecule has 17 heavy (non-hydrogen) atoms. The standard InChI is InChI=1S/C11H14N4O2/c1-6-9-12-5-7(10(16)17)8(11(2,3)4)15(9)14-13-6/h5H,1-4H3,(H,16,17). The molecule has 0 aliphatic carbocycles. The second-order valence-corrected chi connectivity index (χ2v) is 4.99. The van der Waals surface area contributed by atoms with E-state index in [1.54, 1.807) is 6.92 Å². The molecule has 1 N–H and O–H groups in total. The number of rotatable bonds is 1. The van der Waals surface area contributed by atoms with E-state index in [-0.39, 0.29) is 11.0 Å². The molecule has 6 heteroatoms. The number of carboxylic acid groups (broad SMARTS) is 1. The SMILES string of the molecule is Cc1nnn2c(C(C)(C)C)c(C(=O)O)cnc12. The first-order valence-corrected chi connectivity index (χ1v) is 5.27. The number of fused-ring (bicyclic) bond motifs is 1. The predicted octanol–water partition coefficient (Wildman–Crippen LogP) is 1.43. The zero-order valence-electron chi connectivity index (χ0n) is 10.2. The largest absolute Gasteiger partial charge is 0.478 e. The number of aromatic carboxylic acids is 1. The Morgan fingerprint density at radius 1 is 1.41 bits per heavy atom. The van der Waals surface area contributed by atoms with Gasteiger partial charge in [-0.3, -0.25) is 0 Å². The minimum atomic E-state index is -1.00. The number of aromatic nitrogens is 4. The molecule has 0 bridgehead atoms. The van der Waals surface area contributed by atoms with Crippen LogP contribution in [0.25, 0.3) is 5.65 Å². The molecule has 0 aliphatic heterocycles. The Morgan fingerprint density at radius 3 is 2.59 bits per heavy atom. The summed E-state index contributed by atoms with van der Waals surface area (Å²) in [5.74, 6) is -1.00. The van der Waals surface area contributed by atoms with E-state index in [2.05, 4.69) is 15.3 Å². The lowest BCUT2D eigenvalue weighted by Crippen LogP contribution is -2.22. The van der Waals surface area contributed by atoms with E-state index in [4.69, 9.17) is 0 Å². The lowest BCUT2D eigenvalue weighted by atomic mass is 9.89. The molecule has 90 valence electrons. The fraction of sp³-hybridized carbons (Fsp3) is 0.455. The van der Waals surface area contributed by atoms with E-state index in [0.717, 1.165) is 0 Å². The van der Waals surface area contributed by atoms with Crippen LogP contribution in [0.2, 0.25) is 0 Å². The third-order valence-corrected chi connectivity index (χ3v) is 2.53. The van der Waals surface area contributed by atoms with Gasteiger partial charge >= 0.3 is 5.97 Å². The lowest BCUT2D eigenvalue weighted by Gasteiger charge is -2.21. The molecule has 0 unspecified atom stereocenters. The van der Waals surface area contributed by atoms with Crippen LogP contribution >= 0.6 is 0 Å². The molecule has 0 fully saturated rings. The third kappa shape index (κ3) is 1.75. The van der Waals surface area contributed by atoms with Gasteiger partial charge in [0.25, 0.3) is 0 Å². The van der Waals surface area contributed by atoms with Gasteiger partial charge in [-0.2, -0.15) is 4.52 Å². The van der Waals surface area contributed by atoms with E-state index in [1.165, 1.54) is 10.7 Å². The van der Waals surface area contributed by atoms with E-state index in [1.807, 2.05) is 20.8 Å². The molecule has 6 nitrogen and oxygen atoms in total. The Balaban J connectivity index is 2.90. The highest BCUT2D eigenvalue weighted by Crippen LogP contribution is 2.26. The summed E-state index contributed by atoms with van der Waals surface area (Å²) >= 11 is 0. The third-order valence-electron chi connectivity index (χ3n) is 2.53. The maximum absolute atomic E-state index is 11.2. The summed E-state index contributed by atoms with van der Waals surface area (Å²) < 4.78 is 1.51. The summed E-state index contributed by atoms with van der Waals surface area (Å²) in [6.07, 6.45) is 1.37. The average Bonchev–Trinajstić information content (AvgIpc) is 2.57. The second kappa shape index (κ2) is 3.51. The minimum Gasteiger partial charge on any atom is -0.478 e. The van der Waals surface area contributed by atoms with Crippen molar-refractivity contribution in [2.24, 2.45) is 0 Å². The minimum absolute atomic E-state index is 0.162. The maximum Gasteiger partial charge on any atom is 0.339 e. The zero-order valence-corrected chi connectivity index (χ0v) is 10.2. The molecular formula is C11H14N4O2. The van der Waals surface area contributed by atoms with Crippen molar-refractivity contribution < 1.29 is 9.90 Å². The maximum atomic E-state index is 11.2. The number of nitrogens with zero attached hydrogens (tertiary/aromatic N) is 4. The Bertz CT molecular complexity index is 595. The van der Waals surface area contributed by atoms with Crippen molar-refractivity contribution in [3.8, 4) is 0 Å². The number of hydrogen-bond donors (Lipinski definition) is 1. The van der Waals surface area contributed by atoms with Crippen molar-refractivity contribution in [1.82, 2.24) is 19.8 Å². The Morgan fingerprint density at radius 2 is 2.06 bits per heavy atom. The second-order valence-electron chi connectivity index (χ2n) is 4.99. The summed E-state index contributed by atoms with van der Waals surface area (Å²) in [7, 11) is 0. The number of aryl methyl sites for hydroxylation is 1. The van der Waals surface area contributed by atoms with Gasteiger partial charge in [0, 0.05) is 11.6 Å². The van der Waals surface area contributed by atoms with Crippen molar-refractivity contribution in [3.63, 3.8) is 0 Å². The van der Waals surface area contributed by atoms with Gasteiger partial charge in [-0.05, 0) is 6.92 Å². The van der Waals surface area contributed by atoms with Crippen LogP contribution in [0.3, 0.4) is 0 Å². The molecule has 0 aliphatic rings. The molecule has 0 saturated carbocycles. The molecule has 0 radical (unpaired) electrons. The van der Waals surface area contributed by atoms with Crippen LogP contribution in [0.15, 0.2) is 6.20 Å². The highest BCUT2D eigenvalue weighted by atomic mass is 16.4. The quantitative estimate of drug-likeness (QED) is 0.807. The lowest BCUT2D eigenvalue weighted by molar-refractivity contribution is 0.0692. The first-order valence-electron chi connectivity index (χ1n) is 5.27. The predicted molar refractivity (Wildman–Crippen MR) is 61.2 cm³/mol. The number of carbonyl (C=O) groups is 1. The topological polar surface area (TPSA) is 80.4 Å². The van der Waals surface area contributed by atoms with E-state index in [9.17, 15) is 9.90 Å². The van der Waals surface area contributed by atoms with E-state index < -0.39 is 5.97 Å². The molecule has 2 rings (SSSR count). The smallest absolute Gasteiger partial charge is 0.339 e. The number of hydrogen-bond acceptors (Lipinski definition) is 4. The van der Waals surface area contributed by atoms with Crippen molar-refractivity contribution >= 4 is 11.6 Å².